The summed E-state index contributed by atoms with van der Waals surface area (Å²) in [5.74, 6) is 0.00887. The molecule has 0 aliphatic heterocycles. The fourth-order valence-corrected chi connectivity index (χ4v) is 6.72. The molecule has 0 N–H and O–H groups in total. The summed E-state index contributed by atoms with van der Waals surface area (Å²) in [6, 6.07) is 2.05. The number of fused-ring (bicyclic) bond motifs is 3. The summed E-state index contributed by atoms with van der Waals surface area (Å²) in [5.41, 5.74) is 3.98. The predicted octanol–water partition coefficient (Wildman–Crippen LogP) is 7.44. The third-order valence-corrected chi connectivity index (χ3v) is 8.16. The van der Waals surface area contributed by atoms with Gasteiger partial charge in [-0.05, 0) is 80.6 Å². The Morgan fingerprint density at radius 3 is 2.56 bits per heavy atom. The van der Waals surface area contributed by atoms with Gasteiger partial charge in [0.05, 0.1) is 23.3 Å². The van der Waals surface area contributed by atoms with Crippen LogP contribution in [-0.4, -0.2) is 25.4 Å². The van der Waals surface area contributed by atoms with Crippen molar-refractivity contribution in [2.45, 2.75) is 78.6 Å². The SMILES string of the molecule is COC(=O)[C@]1(C)CCC[C@]2(C)c3cc(Cl)c(C(C)C)c(Cl)c3C(=NOCC=C(C)C)C[C@@H]12. The number of methoxy groups -OCH3 is 1. The van der Waals surface area contributed by atoms with E-state index in [9.17, 15) is 4.79 Å². The summed E-state index contributed by atoms with van der Waals surface area (Å²) in [4.78, 5) is 18.7. The molecule has 3 atom stereocenters. The maximum atomic E-state index is 13.0. The van der Waals surface area contributed by atoms with Crippen LogP contribution in [0.25, 0.3) is 0 Å². The van der Waals surface area contributed by atoms with Crippen LogP contribution >= 0.6 is 23.2 Å². The Bertz CT molecular complexity index is 964. The van der Waals surface area contributed by atoms with Crippen LogP contribution in [0.5, 0.6) is 0 Å². The highest BCUT2D eigenvalue weighted by Gasteiger charge is 2.57. The van der Waals surface area contributed by atoms with E-state index in [1.54, 1.807) is 0 Å². The van der Waals surface area contributed by atoms with E-state index in [0.717, 1.165) is 41.7 Å². The van der Waals surface area contributed by atoms with Gasteiger partial charge in [0.25, 0.3) is 0 Å². The standard InChI is InChI=1S/C26H35Cl2NO3/c1-15(2)9-12-32-29-19-14-20-25(5,10-8-11-26(20,6)24(30)31-7)17-13-18(27)21(16(3)4)23(28)22(17)19/h9,13,16,20H,8,10-12,14H2,1-7H3/t20-,25-,26-/m1/s1. The number of rotatable bonds is 5. The van der Waals surface area contributed by atoms with E-state index in [-0.39, 0.29) is 23.2 Å². The average Bonchev–Trinajstić information content (AvgIpc) is 2.71. The summed E-state index contributed by atoms with van der Waals surface area (Å²) in [6.07, 6.45) is 5.26. The van der Waals surface area contributed by atoms with Gasteiger partial charge in [-0.1, -0.05) is 61.1 Å². The van der Waals surface area contributed by atoms with Gasteiger partial charge < -0.3 is 9.57 Å². The molecule has 1 aromatic rings. The second-order valence-electron chi connectivity index (χ2n) is 10.2. The van der Waals surface area contributed by atoms with Gasteiger partial charge in [0, 0.05) is 10.6 Å². The largest absolute Gasteiger partial charge is 0.469 e. The number of allylic oxidation sites excluding steroid dienone is 1. The van der Waals surface area contributed by atoms with Gasteiger partial charge in [0.1, 0.15) is 6.61 Å². The minimum atomic E-state index is -0.615. The quantitative estimate of drug-likeness (QED) is 0.190. The fraction of sp³-hybridized carbons (Fsp3) is 0.615. The molecule has 2 aliphatic rings. The molecule has 0 spiro atoms. The summed E-state index contributed by atoms with van der Waals surface area (Å²) in [5, 5.41) is 5.87. The second-order valence-corrected chi connectivity index (χ2v) is 11.0. The first-order valence-electron chi connectivity index (χ1n) is 11.4. The van der Waals surface area contributed by atoms with Crippen molar-refractivity contribution in [3.8, 4) is 0 Å². The Hall–Kier alpha value is -1.52. The minimum absolute atomic E-state index is 0.00605. The molecule has 1 aromatic carbocycles. The van der Waals surface area contributed by atoms with Gasteiger partial charge in [0.15, 0.2) is 0 Å². The van der Waals surface area contributed by atoms with Crippen molar-refractivity contribution in [1.82, 2.24) is 0 Å². The zero-order valence-corrected chi connectivity index (χ0v) is 21.8. The van der Waals surface area contributed by atoms with Crippen molar-refractivity contribution in [2.24, 2.45) is 16.5 Å². The molecule has 0 saturated heterocycles. The first-order valence-corrected chi connectivity index (χ1v) is 12.2. The third kappa shape index (κ3) is 4.21. The smallest absolute Gasteiger partial charge is 0.311 e. The number of halogens is 2. The van der Waals surface area contributed by atoms with Gasteiger partial charge >= 0.3 is 5.97 Å². The lowest BCUT2D eigenvalue weighted by Gasteiger charge is -2.54. The molecule has 1 fully saturated rings. The number of hydrogen-bond donors (Lipinski definition) is 0. The molecule has 1 saturated carbocycles. The molecular formula is C26H35Cl2NO3. The summed E-state index contributed by atoms with van der Waals surface area (Å²) in [6.45, 7) is 12.9. The number of ether oxygens (including phenoxy) is 1. The lowest BCUT2D eigenvalue weighted by molar-refractivity contribution is -0.160. The highest BCUT2D eigenvalue weighted by Crippen LogP contribution is 2.59. The maximum Gasteiger partial charge on any atom is 0.311 e. The number of esters is 1. The van der Waals surface area contributed by atoms with E-state index in [1.807, 2.05) is 26.8 Å². The van der Waals surface area contributed by atoms with E-state index in [1.165, 1.54) is 12.7 Å². The van der Waals surface area contributed by atoms with Crippen molar-refractivity contribution < 1.29 is 14.4 Å². The van der Waals surface area contributed by atoms with Gasteiger partial charge in [-0.15, -0.1) is 0 Å². The van der Waals surface area contributed by atoms with E-state index >= 15 is 0 Å². The molecule has 0 unspecified atom stereocenters. The zero-order valence-electron chi connectivity index (χ0n) is 20.3. The number of nitrogens with zero attached hydrogens (tertiary/aromatic N) is 1. The van der Waals surface area contributed by atoms with E-state index in [2.05, 4.69) is 32.0 Å². The van der Waals surface area contributed by atoms with Crippen LogP contribution in [0.2, 0.25) is 10.0 Å². The van der Waals surface area contributed by atoms with Gasteiger partial charge in [-0.25, -0.2) is 0 Å². The van der Waals surface area contributed by atoms with Crippen LogP contribution in [0.15, 0.2) is 22.9 Å². The highest BCUT2D eigenvalue weighted by molar-refractivity contribution is 6.39. The predicted molar refractivity (Wildman–Crippen MR) is 132 cm³/mol. The topological polar surface area (TPSA) is 47.9 Å². The molecular weight excluding hydrogens is 445 g/mol. The molecule has 6 heteroatoms. The van der Waals surface area contributed by atoms with Crippen molar-refractivity contribution >= 4 is 34.9 Å². The molecule has 0 bridgehead atoms. The van der Waals surface area contributed by atoms with Crippen LogP contribution in [-0.2, 0) is 19.8 Å². The summed E-state index contributed by atoms with van der Waals surface area (Å²) in [7, 11) is 1.47. The Morgan fingerprint density at radius 1 is 1.28 bits per heavy atom. The fourth-order valence-electron chi connectivity index (χ4n) is 5.72. The lowest BCUT2D eigenvalue weighted by atomic mass is 9.49. The Labute approximate surface area is 202 Å². The zero-order chi connectivity index (χ0) is 23.8. The van der Waals surface area contributed by atoms with E-state index in [0.29, 0.717) is 23.1 Å². The molecule has 0 radical (unpaired) electrons. The van der Waals surface area contributed by atoms with Crippen molar-refractivity contribution in [3.05, 3.63) is 44.5 Å². The van der Waals surface area contributed by atoms with E-state index < -0.39 is 5.41 Å². The number of benzene rings is 1. The van der Waals surface area contributed by atoms with Crippen molar-refractivity contribution in [3.63, 3.8) is 0 Å². The molecule has 3 rings (SSSR count). The molecule has 32 heavy (non-hydrogen) atoms. The van der Waals surface area contributed by atoms with Crippen LogP contribution in [0.4, 0.5) is 0 Å². The maximum absolute atomic E-state index is 13.0. The molecule has 4 nitrogen and oxygen atoms in total. The minimum Gasteiger partial charge on any atom is -0.469 e. The van der Waals surface area contributed by atoms with Gasteiger partial charge in [0.2, 0.25) is 0 Å². The Morgan fingerprint density at radius 2 is 1.97 bits per heavy atom. The molecule has 2 aliphatic carbocycles. The van der Waals surface area contributed by atoms with Crippen LogP contribution < -0.4 is 0 Å². The monoisotopic (exact) mass is 479 g/mol. The van der Waals surface area contributed by atoms with Crippen molar-refractivity contribution in [2.75, 3.05) is 13.7 Å². The van der Waals surface area contributed by atoms with Crippen LogP contribution in [0.3, 0.4) is 0 Å². The second kappa shape index (κ2) is 9.38. The third-order valence-electron chi connectivity index (χ3n) is 7.46. The van der Waals surface area contributed by atoms with Crippen LogP contribution in [0, 0.1) is 11.3 Å². The van der Waals surface area contributed by atoms with Gasteiger partial charge in [-0.2, -0.15) is 0 Å². The molecule has 0 aromatic heterocycles. The van der Waals surface area contributed by atoms with Crippen molar-refractivity contribution in [1.29, 1.82) is 0 Å². The van der Waals surface area contributed by atoms with Gasteiger partial charge in [-0.3, -0.25) is 4.79 Å². The molecule has 176 valence electrons. The molecule has 0 heterocycles. The average molecular weight is 480 g/mol. The molecule has 0 amide bonds. The first kappa shape index (κ1) is 25.1. The Balaban J connectivity index is 2.23. The Kier molecular flexibility index (Phi) is 7.36. The number of hydrogen-bond acceptors (Lipinski definition) is 4. The number of oxime groups is 1. The highest BCUT2D eigenvalue weighted by atomic mass is 35.5. The summed E-state index contributed by atoms with van der Waals surface area (Å²) < 4.78 is 5.26. The number of carbonyl (C=O) groups is 1. The van der Waals surface area contributed by atoms with E-state index in [4.69, 9.17) is 32.8 Å². The first-order chi connectivity index (χ1) is 15.0. The lowest BCUT2D eigenvalue weighted by Crippen LogP contribution is -2.54. The van der Waals surface area contributed by atoms with Crippen LogP contribution in [0.1, 0.15) is 89.8 Å². The summed E-state index contributed by atoms with van der Waals surface area (Å²) >= 11 is 13.8. The number of carbonyl (C=O) groups excluding carboxylic acids is 1. The normalized spacial score (nSPS) is 28.2.